The highest BCUT2D eigenvalue weighted by Gasteiger charge is 2.37. The van der Waals surface area contributed by atoms with Gasteiger partial charge in [-0.3, -0.25) is 29.1 Å². The van der Waals surface area contributed by atoms with Gasteiger partial charge in [0.05, 0.1) is 41.3 Å². The average molecular weight is 345 g/mol. The first kappa shape index (κ1) is 20.3. The van der Waals surface area contributed by atoms with Crippen molar-refractivity contribution in [2.75, 3.05) is 41.3 Å². The van der Waals surface area contributed by atoms with Gasteiger partial charge < -0.3 is 14.2 Å². The number of hydrogen-bond donors (Lipinski definition) is 0. The molecule has 0 N–H and O–H groups in total. The van der Waals surface area contributed by atoms with Crippen LogP contribution in [-0.2, 0) is 28.6 Å². The highest BCUT2D eigenvalue weighted by molar-refractivity contribution is 5.76. The molecule has 1 aliphatic heterocycles. The van der Waals surface area contributed by atoms with Gasteiger partial charge in [0.15, 0.2) is 0 Å². The Bertz CT molecular complexity index is 400. The molecular formula is C15H27N3O6. The Morgan fingerprint density at radius 1 is 0.625 bits per heavy atom. The molecule has 1 aliphatic rings. The Kier molecular flexibility index (Phi) is 7.59. The summed E-state index contributed by atoms with van der Waals surface area (Å²) in [5, 5.41) is 0. The van der Waals surface area contributed by atoms with Gasteiger partial charge in [-0.05, 0) is 20.8 Å². The normalized spacial score (nSPS) is 20.8. The Morgan fingerprint density at radius 3 is 1.00 bits per heavy atom. The molecule has 3 atom stereocenters. The van der Waals surface area contributed by atoms with Gasteiger partial charge >= 0.3 is 17.9 Å². The van der Waals surface area contributed by atoms with Crippen molar-refractivity contribution in [3.05, 3.63) is 0 Å². The van der Waals surface area contributed by atoms with E-state index in [-0.39, 0.29) is 17.9 Å². The van der Waals surface area contributed by atoms with Gasteiger partial charge in [-0.2, -0.15) is 0 Å². The molecule has 9 nitrogen and oxygen atoms in total. The van der Waals surface area contributed by atoms with Gasteiger partial charge in [0.25, 0.3) is 0 Å². The fourth-order valence-electron chi connectivity index (χ4n) is 2.53. The molecule has 9 heteroatoms. The Morgan fingerprint density at radius 2 is 0.833 bits per heavy atom. The topological polar surface area (TPSA) is 88.6 Å². The molecular weight excluding hydrogens is 318 g/mol. The smallest absolute Gasteiger partial charge is 0.322 e. The molecule has 0 aromatic carbocycles. The van der Waals surface area contributed by atoms with E-state index in [4.69, 9.17) is 14.2 Å². The summed E-state index contributed by atoms with van der Waals surface area (Å²) in [5.74, 6) is -1.14. The lowest BCUT2D eigenvalue weighted by molar-refractivity contribution is -0.164. The quantitative estimate of drug-likeness (QED) is 0.465. The van der Waals surface area contributed by atoms with E-state index in [1.54, 1.807) is 20.8 Å². The summed E-state index contributed by atoms with van der Waals surface area (Å²) in [4.78, 5) is 41.1. The second-order valence-corrected chi connectivity index (χ2v) is 5.79. The maximum absolute atomic E-state index is 11.9. The van der Waals surface area contributed by atoms with Crippen molar-refractivity contribution in [2.24, 2.45) is 0 Å². The predicted octanol–water partition coefficient (Wildman–Crippen LogP) is -0.537. The third-order valence-corrected chi connectivity index (χ3v) is 4.36. The molecule has 0 saturated carbocycles. The van der Waals surface area contributed by atoms with Crippen LogP contribution in [0, 0.1) is 0 Å². The molecule has 1 saturated heterocycles. The summed E-state index contributed by atoms with van der Waals surface area (Å²) in [6, 6.07) is -1.56. The molecule has 0 aromatic heterocycles. The first-order chi connectivity index (χ1) is 11.3. The van der Waals surface area contributed by atoms with Gasteiger partial charge in [0.2, 0.25) is 0 Å². The minimum absolute atomic E-state index is 0.372. The van der Waals surface area contributed by atoms with E-state index in [0.29, 0.717) is 20.0 Å². The van der Waals surface area contributed by atoms with Crippen LogP contribution in [0.2, 0.25) is 0 Å². The van der Waals surface area contributed by atoms with E-state index in [0.717, 1.165) is 0 Å². The van der Waals surface area contributed by atoms with Crippen molar-refractivity contribution in [1.29, 1.82) is 0 Å². The zero-order valence-electron chi connectivity index (χ0n) is 15.1. The van der Waals surface area contributed by atoms with Crippen LogP contribution in [0.3, 0.4) is 0 Å². The van der Waals surface area contributed by atoms with Crippen molar-refractivity contribution in [2.45, 2.75) is 38.9 Å². The molecule has 24 heavy (non-hydrogen) atoms. The molecule has 138 valence electrons. The van der Waals surface area contributed by atoms with Crippen molar-refractivity contribution >= 4 is 17.9 Å². The average Bonchev–Trinajstić information content (AvgIpc) is 2.63. The molecule has 0 bridgehead atoms. The summed E-state index contributed by atoms with van der Waals surface area (Å²) >= 11 is 0. The number of carbonyl (C=O) groups excluding carboxylic acids is 3. The Labute approximate surface area is 142 Å². The van der Waals surface area contributed by atoms with Gasteiger partial charge in [-0.1, -0.05) is 0 Å². The molecule has 0 amide bonds. The van der Waals surface area contributed by atoms with Crippen molar-refractivity contribution in [3.63, 3.8) is 0 Å². The second kappa shape index (κ2) is 8.95. The number of rotatable bonds is 6. The lowest BCUT2D eigenvalue weighted by Crippen LogP contribution is -2.64. The van der Waals surface area contributed by atoms with Crippen LogP contribution in [-0.4, -0.2) is 92.1 Å². The lowest BCUT2D eigenvalue weighted by Gasteiger charge is -2.46. The maximum Gasteiger partial charge on any atom is 0.322 e. The predicted molar refractivity (Wildman–Crippen MR) is 84.6 cm³/mol. The number of esters is 3. The molecule has 0 radical (unpaired) electrons. The molecule has 1 heterocycles. The number of ether oxygens (including phenoxy) is 3. The van der Waals surface area contributed by atoms with Gasteiger partial charge in [-0.25, -0.2) is 0 Å². The fourth-order valence-corrected chi connectivity index (χ4v) is 2.53. The Balaban J connectivity index is 2.99. The van der Waals surface area contributed by atoms with Crippen LogP contribution in [0.25, 0.3) is 0 Å². The van der Waals surface area contributed by atoms with Crippen LogP contribution < -0.4 is 0 Å². The largest absolute Gasteiger partial charge is 0.468 e. The summed E-state index contributed by atoms with van der Waals surface area (Å²) in [5.41, 5.74) is 0. The summed E-state index contributed by atoms with van der Waals surface area (Å²) in [7, 11) is 3.98. The van der Waals surface area contributed by atoms with Crippen LogP contribution >= 0.6 is 0 Å². The van der Waals surface area contributed by atoms with Gasteiger partial charge in [0, 0.05) is 0 Å². The molecule has 0 aromatic rings. The van der Waals surface area contributed by atoms with Gasteiger partial charge in [-0.15, -0.1) is 0 Å². The van der Waals surface area contributed by atoms with E-state index >= 15 is 0 Å². The van der Waals surface area contributed by atoms with E-state index in [1.807, 2.05) is 14.7 Å². The minimum Gasteiger partial charge on any atom is -0.468 e. The molecule has 1 fully saturated rings. The summed E-state index contributed by atoms with van der Waals surface area (Å²) < 4.78 is 14.4. The highest BCUT2D eigenvalue weighted by atomic mass is 16.5. The number of nitrogens with zero attached hydrogens (tertiary/aromatic N) is 3. The number of methoxy groups -OCH3 is 3. The molecule has 1 rings (SSSR count). The van der Waals surface area contributed by atoms with E-state index in [2.05, 4.69) is 0 Å². The summed E-state index contributed by atoms with van der Waals surface area (Å²) in [6.07, 6.45) is 0. The summed E-state index contributed by atoms with van der Waals surface area (Å²) in [6.45, 7) is 6.28. The monoisotopic (exact) mass is 345 g/mol. The first-order valence-corrected chi connectivity index (χ1v) is 7.72. The van der Waals surface area contributed by atoms with E-state index in [1.165, 1.54) is 21.3 Å². The van der Waals surface area contributed by atoms with Crippen LogP contribution in [0.5, 0.6) is 0 Å². The third kappa shape index (κ3) is 4.65. The fraction of sp³-hybridized carbons (Fsp3) is 0.800. The van der Waals surface area contributed by atoms with Crippen LogP contribution in [0.15, 0.2) is 0 Å². The Hall–Kier alpha value is -1.71. The zero-order chi connectivity index (χ0) is 18.4. The van der Waals surface area contributed by atoms with Crippen LogP contribution in [0.1, 0.15) is 20.8 Å². The molecule has 0 spiro atoms. The van der Waals surface area contributed by atoms with Crippen molar-refractivity contribution in [1.82, 2.24) is 14.7 Å². The second-order valence-electron chi connectivity index (χ2n) is 5.79. The first-order valence-electron chi connectivity index (χ1n) is 7.72. The van der Waals surface area contributed by atoms with Gasteiger partial charge in [0.1, 0.15) is 18.1 Å². The zero-order valence-corrected chi connectivity index (χ0v) is 15.1. The van der Waals surface area contributed by atoms with E-state index < -0.39 is 18.1 Å². The SMILES string of the molecule is COC(=O)[C@H](C)N1CN([C@@H](C)C(=O)OC)CN([C@@H](C)C(=O)OC)C1. The molecule has 0 aliphatic carbocycles. The number of carbonyl (C=O) groups is 3. The lowest BCUT2D eigenvalue weighted by atomic mass is 10.2. The van der Waals surface area contributed by atoms with Crippen molar-refractivity contribution in [3.8, 4) is 0 Å². The maximum atomic E-state index is 11.9. The highest BCUT2D eigenvalue weighted by Crippen LogP contribution is 2.17. The van der Waals surface area contributed by atoms with Crippen molar-refractivity contribution < 1.29 is 28.6 Å². The minimum atomic E-state index is -0.519. The van der Waals surface area contributed by atoms with Crippen LogP contribution in [0.4, 0.5) is 0 Å². The van der Waals surface area contributed by atoms with E-state index in [9.17, 15) is 14.4 Å². The standard InChI is InChI=1S/C15H27N3O6/c1-10(13(19)22-4)16-7-17(11(2)14(20)23-5)9-18(8-16)12(3)15(21)24-6/h10-12H,7-9H2,1-6H3/t10-,11-,12-/m0/s1. The number of hydrogen-bond acceptors (Lipinski definition) is 9. The third-order valence-electron chi connectivity index (χ3n) is 4.36. The molecule has 0 unspecified atom stereocenters.